The number of nitro groups is 1. The van der Waals surface area contributed by atoms with Crippen molar-refractivity contribution in [1.82, 2.24) is 4.90 Å². The quantitative estimate of drug-likeness (QED) is 0.475. The molecule has 184 valence electrons. The van der Waals surface area contributed by atoms with Gasteiger partial charge in [0.25, 0.3) is 11.6 Å². The summed E-state index contributed by atoms with van der Waals surface area (Å²) in [5.41, 5.74) is -0.889. The van der Waals surface area contributed by atoms with Crippen molar-refractivity contribution in [3.63, 3.8) is 0 Å². The topological polar surface area (TPSA) is 96.1 Å². The van der Waals surface area contributed by atoms with Crippen LogP contribution in [0.25, 0.3) is 0 Å². The molecule has 0 aliphatic carbocycles. The number of benzene rings is 2. The third-order valence-electron chi connectivity index (χ3n) is 5.58. The number of anilines is 1. The van der Waals surface area contributed by atoms with Crippen LogP contribution in [0.3, 0.4) is 0 Å². The summed E-state index contributed by atoms with van der Waals surface area (Å²) in [6.45, 7) is 4.85. The van der Waals surface area contributed by atoms with Crippen LogP contribution in [-0.2, 0) is 6.18 Å². The van der Waals surface area contributed by atoms with Crippen LogP contribution in [0.5, 0.6) is 5.75 Å². The Morgan fingerprint density at radius 3 is 2.24 bits per heavy atom. The van der Waals surface area contributed by atoms with Crippen LogP contribution in [0, 0.1) is 15.5 Å². The Morgan fingerprint density at radius 1 is 1.09 bits per heavy atom. The highest BCUT2D eigenvalue weighted by atomic mass is 19.4. The van der Waals surface area contributed by atoms with Gasteiger partial charge in [-0.2, -0.15) is 13.2 Å². The fourth-order valence-corrected chi connectivity index (χ4v) is 3.44. The number of piperazine rings is 1. The van der Waals surface area contributed by atoms with Crippen LogP contribution in [-0.4, -0.2) is 60.2 Å². The molecule has 1 fully saturated rings. The van der Waals surface area contributed by atoms with E-state index in [4.69, 9.17) is 4.74 Å². The van der Waals surface area contributed by atoms with Crippen molar-refractivity contribution < 1.29 is 32.7 Å². The molecule has 1 aliphatic heterocycles. The molecule has 3 rings (SSSR count). The van der Waals surface area contributed by atoms with Crippen molar-refractivity contribution in [2.45, 2.75) is 20.0 Å². The van der Waals surface area contributed by atoms with E-state index >= 15 is 0 Å². The summed E-state index contributed by atoms with van der Waals surface area (Å²) < 4.78 is 44.1. The molecule has 0 aromatic heterocycles. The summed E-state index contributed by atoms with van der Waals surface area (Å²) >= 11 is 0. The van der Waals surface area contributed by atoms with Gasteiger partial charge in [-0.15, -0.1) is 0 Å². The van der Waals surface area contributed by atoms with E-state index in [9.17, 15) is 33.2 Å². The molecule has 2 aromatic rings. The smallest absolute Gasteiger partial charge is 0.416 e. The maximum absolute atomic E-state index is 13.2. The second-order valence-corrected chi connectivity index (χ2v) is 8.87. The van der Waals surface area contributed by atoms with Crippen LogP contribution >= 0.6 is 0 Å². The first-order valence-electron chi connectivity index (χ1n) is 10.6. The van der Waals surface area contributed by atoms with E-state index in [0.29, 0.717) is 18.8 Å². The monoisotopic (exact) mass is 481 g/mol. The molecule has 2 aromatic carbocycles. The molecule has 1 amide bonds. The number of ether oxygens (including phenoxy) is 1. The minimum absolute atomic E-state index is 0.0471. The average molecular weight is 481 g/mol. The lowest BCUT2D eigenvalue weighted by Gasteiger charge is -2.36. The number of aliphatic hydroxyl groups excluding tert-OH is 1. The molecule has 0 unspecified atom stereocenters. The maximum atomic E-state index is 13.2. The zero-order valence-electron chi connectivity index (χ0n) is 18.8. The molecular weight excluding hydrogens is 455 g/mol. The number of alkyl halides is 3. The molecular formula is C23H26F3N3O5. The lowest BCUT2D eigenvalue weighted by atomic mass is 9.96. The third-order valence-corrected chi connectivity index (χ3v) is 5.58. The number of amides is 1. The molecule has 0 bridgehead atoms. The highest BCUT2D eigenvalue weighted by Gasteiger charge is 2.31. The molecule has 8 nitrogen and oxygen atoms in total. The zero-order valence-corrected chi connectivity index (χ0v) is 18.8. The van der Waals surface area contributed by atoms with Gasteiger partial charge in [-0.05, 0) is 30.3 Å². The van der Waals surface area contributed by atoms with Crippen molar-refractivity contribution in [1.29, 1.82) is 0 Å². The second-order valence-electron chi connectivity index (χ2n) is 8.87. The molecule has 1 N–H and O–H groups in total. The Morgan fingerprint density at radius 2 is 1.71 bits per heavy atom. The Bertz CT molecular complexity index is 1030. The van der Waals surface area contributed by atoms with Gasteiger partial charge in [0.15, 0.2) is 0 Å². The van der Waals surface area contributed by atoms with Crippen molar-refractivity contribution in [2.24, 2.45) is 5.41 Å². The van der Waals surface area contributed by atoms with Gasteiger partial charge in [-0.25, -0.2) is 0 Å². The standard InChI is InChI=1S/C23H26F3N3O5/c1-22(2,14-30)15-34-20-8-7-18(29(32)33)13-19(20)21(31)28-11-9-27(10-12-28)17-5-3-16(4-6-17)23(24,25)26/h3-8,13,30H,9-12,14-15H2,1-2H3. The van der Waals surface area contributed by atoms with Crippen LogP contribution in [0.1, 0.15) is 29.8 Å². The molecule has 1 heterocycles. The average Bonchev–Trinajstić information content (AvgIpc) is 2.82. The maximum Gasteiger partial charge on any atom is 0.416 e. The third kappa shape index (κ3) is 5.96. The second kappa shape index (κ2) is 9.88. The van der Waals surface area contributed by atoms with Crippen LogP contribution in [0.15, 0.2) is 42.5 Å². The number of rotatable bonds is 7. The number of hydrogen-bond acceptors (Lipinski definition) is 6. The number of carbonyl (C=O) groups is 1. The number of nitrogens with zero attached hydrogens (tertiary/aromatic N) is 3. The van der Waals surface area contributed by atoms with Crippen molar-refractivity contribution in [3.05, 3.63) is 63.7 Å². The zero-order chi connectivity index (χ0) is 25.1. The van der Waals surface area contributed by atoms with Crippen LogP contribution < -0.4 is 9.64 Å². The van der Waals surface area contributed by atoms with Crippen LogP contribution in [0.4, 0.5) is 24.5 Å². The molecule has 1 saturated heterocycles. The molecule has 11 heteroatoms. The minimum Gasteiger partial charge on any atom is -0.492 e. The van der Waals surface area contributed by atoms with E-state index in [-0.39, 0.29) is 43.3 Å². The highest BCUT2D eigenvalue weighted by Crippen LogP contribution is 2.31. The van der Waals surface area contributed by atoms with Crippen LogP contribution in [0.2, 0.25) is 0 Å². The Labute approximate surface area is 194 Å². The van der Waals surface area contributed by atoms with E-state index < -0.39 is 28.0 Å². The number of non-ortho nitro benzene ring substituents is 1. The molecule has 0 saturated carbocycles. The first-order valence-corrected chi connectivity index (χ1v) is 10.6. The lowest BCUT2D eigenvalue weighted by molar-refractivity contribution is -0.384. The van der Waals surface area contributed by atoms with Gasteiger partial charge in [-0.3, -0.25) is 14.9 Å². The first kappa shape index (κ1) is 25.3. The summed E-state index contributed by atoms with van der Waals surface area (Å²) in [5, 5.41) is 20.7. The van der Waals surface area contributed by atoms with Crippen molar-refractivity contribution in [3.8, 4) is 5.75 Å². The van der Waals surface area contributed by atoms with Gasteiger partial charge in [0, 0.05) is 49.4 Å². The molecule has 0 radical (unpaired) electrons. The van der Waals surface area contributed by atoms with E-state index in [1.165, 1.54) is 35.2 Å². The summed E-state index contributed by atoms with van der Waals surface area (Å²) in [4.78, 5) is 27.3. The Balaban J connectivity index is 1.73. The van der Waals surface area contributed by atoms with Gasteiger partial charge in [0.1, 0.15) is 5.75 Å². The molecule has 1 aliphatic rings. The van der Waals surface area contributed by atoms with Gasteiger partial charge in [0.05, 0.1) is 29.3 Å². The summed E-state index contributed by atoms with van der Waals surface area (Å²) in [6.07, 6.45) is -4.41. The minimum atomic E-state index is -4.41. The van der Waals surface area contributed by atoms with Gasteiger partial charge in [-0.1, -0.05) is 13.8 Å². The number of halogens is 3. The first-order chi connectivity index (χ1) is 15.9. The summed E-state index contributed by atoms with van der Waals surface area (Å²) in [5.74, 6) is -0.255. The largest absolute Gasteiger partial charge is 0.492 e. The fourth-order valence-electron chi connectivity index (χ4n) is 3.44. The van der Waals surface area contributed by atoms with E-state index in [1.54, 1.807) is 13.8 Å². The molecule has 0 spiro atoms. The number of hydrogen-bond donors (Lipinski definition) is 1. The van der Waals surface area contributed by atoms with E-state index in [1.807, 2.05) is 4.90 Å². The van der Waals surface area contributed by atoms with E-state index in [0.717, 1.165) is 12.1 Å². The summed E-state index contributed by atoms with van der Waals surface area (Å²) in [6, 6.07) is 8.63. The fraction of sp³-hybridized carbons (Fsp3) is 0.435. The summed E-state index contributed by atoms with van der Waals surface area (Å²) in [7, 11) is 0. The van der Waals surface area contributed by atoms with Gasteiger partial charge < -0.3 is 19.6 Å². The predicted molar refractivity (Wildman–Crippen MR) is 119 cm³/mol. The molecule has 34 heavy (non-hydrogen) atoms. The van der Waals surface area contributed by atoms with E-state index in [2.05, 4.69) is 0 Å². The predicted octanol–water partition coefficient (Wildman–Crippen LogP) is 3.97. The Hall–Kier alpha value is -3.34. The SMILES string of the molecule is CC(C)(CO)COc1ccc([N+](=O)[O-])cc1C(=O)N1CCN(c2ccc(C(F)(F)F)cc2)CC1. The number of carbonyl (C=O) groups excluding carboxylic acids is 1. The molecule has 0 atom stereocenters. The number of nitro benzene ring substituents is 1. The number of aliphatic hydroxyl groups is 1. The highest BCUT2D eigenvalue weighted by molar-refractivity contribution is 5.97. The van der Waals surface area contributed by atoms with Crippen molar-refractivity contribution in [2.75, 3.05) is 44.3 Å². The lowest BCUT2D eigenvalue weighted by Crippen LogP contribution is -2.48. The van der Waals surface area contributed by atoms with Crippen molar-refractivity contribution >= 4 is 17.3 Å². The normalized spacial score (nSPS) is 14.8. The van der Waals surface area contributed by atoms with Gasteiger partial charge in [0.2, 0.25) is 0 Å². The van der Waals surface area contributed by atoms with Gasteiger partial charge >= 0.3 is 6.18 Å². The Kier molecular flexibility index (Phi) is 7.35.